The third-order valence-electron chi connectivity index (χ3n) is 2.85. The summed E-state index contributed by atoms with van der Waals surface area (Å²) in [7, 11) is 0. The Morgan fingerprint density at radius 2 is 1.95 bits per heavy atom. The maximum atomic E-state index is 11.9. The van der Waals surface area contributed by atoms with Crippen LogP contribution >= 0.6 is 0 Å². The van der Waals surface area contributed by atoms with Crippen molar-refractivity contribution >= 4 is 17.5 Å². The van der Waals surface area contributed by atoms with E-state index in [9.17, 15) is 9.59 Å². The zero-order valence-electron chi connectivity index (χ0n) is 12.0. The molecule has 0 atom stereocenters. The van der Waals surface area contributed by atoms with Crippen molar-refractivity contribution < 1.29 is 9.59 Å². The number of amides is 2. The summed E-state index contributed by atoms with van der Waals surface area (Å²) in [6.07, 6.45) is 1.92. The Hall–Kier alpha value is -1.84. The Labute approximate surface area is 114 Å². The van der Waals surface area contributed by atoms with Gasteiger partial charge in [-0.25, -0.2) is 4.79 Å². The summed E-state index contributed by atoms with van der Waals surface area (Å²) in [5, 5.41) is 5.67. The van der Waals surface area contributed by atoms with Gasteiger partial charge in [-0.2, -0.15) is 0 Å². The van der Waals surface area contributed by atoms with E-state index < -0.39 is 0 Å². The van der Waals surface area contributed by atoms with Gasteiger partial charge in [0.2, 0.25) is 0 Å². The summed E-state index contributed by atoms with van der Waals surface area (Å²) in [5.74, 6) is -0.0182. The van der Waals surface area contributed by atoms with Gasteiger partial charge in [-0.15, -0.1) is 0 Å². The molecular weight excluding hydrogens is 240 g/mol. The molecular formula is C15H22N2O2. The van der Waals surface area contributed by atoms with E-state index in [0.717, 1.165) is 12.8 Å². The summed E-state index contributed by atoms with van der Waals surface area (Å²) in [4.78, 5) is 23.1. The summed E-state index contributed by atoms with van der Waals surface area (Å²) in [5.41, 5.74) is 0.972. The fourth-order valence-corrected chi connectivity index (χ4v) is 1.97. The minimum atomic E-state index is -0.251. The van der Waals surface area contributed by atoms with Crippen LogP contribution in [0.5, 0.6) is 0 Å². The smallest absolute Gasteiger partial charge is 0.319 e. The minimum absolute atomic E-state index is 0.0182. The van der Waals surface area contributed by atoms with Crippen molar-refractivity contribution in [3.05, 3.63) is 29.8 Å². The molecule has 1 rings (SSSR count). The lowest BCUT2D eigenvalue weighted by Gasteiger charge is -2.25. The van der Waals surface area contributed by atoms with E-state index >= 15 is 0 Å². The van der Waals surface area contributed by atoms with Gasteiger partial charge < -0.3 is 10.6 Å². The van der Waals surface area contributed by atoms with Crippen molar-refractivity contribution in [3.63, 3.8) is 0 Å². The molecule has 19 heavy (non-hydrogen) atoms. The van der Waals surface area contributed by atoms with Crippen LogP contribution in [0.15, 0.2) is 24.3 Å². The lowest BCUT2D eigenvalue weighted by Crippen LogP contribution is -2.45. The van der Waals surface area contributed by atoms with Gasteiger partial charge in [-0.05, 0) is 39.3 Å². The van der Waals surface area contributed by atoms with Gasteiger partial charge in [0.05, 0.1) is 0 Å². The van der Waals surface area contributed by atoms with E-state index in [-0.39, 0.29) is 17.4 Å². The summed E-state index contributed by atoms with van der Waals surface area (Å²) in [6, 6.07) is 6.67. The summed E-state index contributed by atoms with van der Waals surface area (Å²) >= 11 is 0. The van der Waals surface area contributed by atoms with Crippen molar-refractivity contribution in [1.82, 2.24) is 5.32 Å². The van der Waals surface area contributed by atoms with Crippen LogP contribution in [0.2, 0.25) is 0 Å². The molecule has 0 aliphatic heterocycles. The molecule has 0 saturated carbocycles. The van der Waals surface area contributed by atoms with Crippen LogP contribution in [-0.2, 0) is 0 Å². The molecule has 1 aromatic rings. The zero-order chi connectivity index (χ0) is 14.5. The van der Waals surface area contributed by atoms with Crippen LogP contribution in [0, 0.1) is 0 Å². The first-order valence-corrected chi connectivity index (χ1v) is 6.54. The molecule has 1 aromatic carbocycles. The van der Waals surface area contributed by atoms with Crippen molar-refractivity contribution in [3.8, 4) is 0 Å². The third kappa shape index (κ3) is 5.12. The average Bonchev–Trinajstić information content (AvgIpc) is 2.27. The number of benzene rings is 1. The maximum Gasteiger partial charge on any atom is 0.319 e. The lowest BCUT2D eigenvalue weighted by molar-refractivity contribution is 0.101. The highest BCUT2D eigenvalue weighted by Crippen LogP contribution is 2.13. The Kier molecular flexibility index (Phi) is 5.10. The van der Waals surface area contributed by atoms with Gasteiger partial charge >= 0.3 is 6.03 Å². The van der Waals surface area contributed by atoms with Gasteiger partial charge in [-0.1, -0.05) is 25.5 Å². The molecule has 0 fully saturated rings. The lowest BCUT2D eigenvalue weighted by atomic mass is 9.99. The quantitative estimate of drug-likeness (QED) is 0.797. The number of nitrogens with one attached hydrogen (secondary N) is 2. The summed E-state index contributed by atoms with van der Waals surface area (Å²) in [6.45, 7) is 7.56. The van der Waals surface area contributed by atoms with E-state index in [1.165, 1.54) is 6.92 Å². The number of urea groups is 1. The molecule has 4 nitrogen and oxygen atoms in total. The van der Waals surface area contributed by atoms with Gasteiger partial charge in [-0.3, -0.25) is 4.79 Å². The van der Waals surface area contributed by atoms with E-state index in [4.69, 9.17) is 0 Å². The molecule has 0 unspecified atom stereocenters. The molecule has 0 aliphatic rings. The number of Topliss-reactive ketones (excluding diaryl/α,β-unsaturated/α-hetero) is 1. The molecule has 0 heterocycles. The molecule has 0 bridgehead atoms. The Morgan fingerprint density at radius 3 is 2.53 bits per heavy atom. The second-order valence-corrected chi connectivity index (χ2v) is 5.35. The molecule has 2 amide bonds. The highest BCUT2D eigenvalue weighted by molar-refractivity contribution is 5.96. The monoisotopic (exact) mass is 262 g/mol. The van der Waals surface area contributed by atoms with Crippen molar-refractivity contribution in [2.24, 2.45) is 0 Å². The second-order valence-electron chi connectivity index (χ2n) is 5.35. The van der Waals surface area contributed by atoms with Crippen LogP contribution in [0.25, 0.3) is 0 Å². The number of rotatable bonds is 5. The Bertz CT molecular complexity index is 467. The maximum absolute atomic E-state index is 11.9. The number of hydrogen-bond donors (Lipinski definition) is 2. The molecule has 2 N–H and O–H groups in total. The van der Waals surface area contributed by atoms with Crippen LogP contribution in [-0.4, -0.2) is 17.4 Å². The highest BCUT2D eigenvalue weighted by Gasteiger charge is 2.19. The Balaban J connectivity index is 2.67. The first kappa shape index (κ1) is 15.2. The number of ketones is 1. The van der Waals surface area contributed by atoms with Crippen molar-refractivity contribution in [2.45, 2.75) is 46.1 Å². The van der Waals surface area contributed by atoms with Gasteiger partial charge in [0.15, 0.2) is 5.78 Å². The van der Waals surface area contributed by atoms with Gasteiger partial charge in [0.25, 0.3) is 0 Å². The van der Waals surface area contributed by atoms with Gasteiger partial charge in [0.1, 0.15) is 0 Å². The van der Waals surface area contributed by atoms with E-state index in [2.05, 4.69) is 17.6 Å². The van der Waals surface area contributed by atoms with Crippen LogP contribution in [0.3, 0.4) is 0 Å². The van der Waals surface area contributed by atoms with Gasteiger partial charge in [0, 0.05) is 16.8 Å². The molecule has 0 aromatic heterocycles. The van der Waals surface area contributed by atoms with E-state index in [0.29, 0.717) is 11.3 Å². The topological polar surface area (TPSA) is 58.2 Å². The average molecular weight is 262 g/mol. The fraction of sp³-hybridized carbons (Fsp3) is 0.467. The fourth-order valence-electron chi connectivity index (χ4n) is 1.97. The van der Waals surface area contributed by atoms with Crippen LogP contribution in [0.1, 0.15) is 50.9 Å². The predicted molar refractivity (Wildman–Crippen MR) is 77.6 cm³/mol. The largest absolute Gasteiger partial charge is 0.333 e. The van der Waals surface area contributed by atoms with E-state index in [1.54, 1.807) is 24.3 Å². The standard InChI is InChI=1S/C15H22N2O2/c1-5-9-15(3,4)17-14(19)16-13-8-6-7-12(10-13)11(2)18/h6-8,10H,5,9H2,1-4H3,(H2,16,17,19). The number of anilines is 1. The molecule has 104 valence electrons. The number of hydrogen-bond acceptors (Lipinski definition) is 2. The van der Waals surface area contributed by atoms with Crippen molar-refractivity contribution in [2.75, 3.05) is 5.32 Å². The first-order chi connectivity index (χ1) is 8.84. The first-order valence-electron chi connectivity index (χ1n) is 6.54. The highest BCUT2D eigenvalue weighted by atomic mass is 16.2. The van der Waals surface area contributed by atoms with Crippen LogP contribution < -0.4 is 10.6 Å². The molecule has 0 aliphatic carbocycles. The molecule has 0 saturated heterocycles. The normalized spacial score (nSPS) is 10.9. The predicted octanol–water partition coefficient (Wildman–Crippen LogP) is 3.59. The minimum Gasteiger partial charge on any atom is -0.333 e. The summed E-state index contributed by atoms with van der Waals surface area (Å²) < 4.78 is 0. The Morgan fingerprint density at radius 1 is 1.26 bits per heavy atom. The van der Waals surface area contributed by atoms with Crippen LogP contribution in [0.4, 0.5) is 10.5 Å². The molecule has 4 heteroatoms. The molecule has 0 spiro atoms. The number of carbonyl (C=O) groups is 2. The van der Waals surface area contributed by atoms with E-state index in [1.807, 2.05) is 13.8 Å². The number of carbonyl (C=O) groups excluding carboxylic acids is 2. The third-order valence-corrected chi connectivity index (χ3v) is 2.85. The SMILES string of the molecule is CCCC(C)(C)NC(=O)Nc1cccc(C(C)=O)c1. The second kappa shape index (κ2) is 6.36. The molecule has 0 radical (unpaired) electrons. The van der Waals surface area contributed by atoms with Crippen molar-refractivity contribution in [1.29, 1.82) is 0 Å². The zero-order valence-corrected chi connectivity index (χ0v) is 12.0.